The second kappa shape index (κ2) is 3.87. The number of fused-ring (bicyclic) bond motifs is 1. The van der Waals surface area contributed by atoms with Crippen LogP contribution in [0.1, 0.15) is 40.0 Å². The fourth-order valence-corrected chi connectivity index (χ4v) is 3.83. The minimum Gasteiger partial charge on any atom is -0.348 e. The molecule has 0 saturated heterocycles. The van der Waals surface area contributed by atoms with Crippen LogP contribution in [0.4, 0.5) is 13.2 Å². The maximum Gasteiger partial charge on any atom is 0.471 e. The predicted octanol–water partition coefficient (Wildman–Crippen LogP) is 3.13. The van der Waals surface area contributed by atoms with Crippen LogP contribution in [0.2, 0.25) is 0 Å². The van der Waals surface area contributed by atoms with E-state index in [2.05, 4.69) is 20.8 Å². The van der Waals surface area contributed by atoms with Crippen molar-refractivity contribution in [3.63, 3.8) is 0 Å². The number of hydrogen-bond donors (Lipinski definition) is 1. The van der Waals surface area contributed by atoms with Gasteiger partial charge in [0.15, 0.2) is 0 Å². The number of halogens is 3. The topological polar surface area (TPSA) is 29.1 Å². The summed E-state index contributed by atoms with van der Waals surface area (Å²) in [5, 5.41) is 2.01. The number of alkyl halides is 3. The molecule has 0 aromatic heterocycles. The van der Waals surface area contributed by atoms with Gasteiger partial charge in [0.1, 0.15) is 0 Å². The van der Waals surface area contributed by atoms with Gasteiger partial charge in [-0.25, -0.2) is 0 Å². The van der Waals surface area contributed by atoms with E-state index in [0.29, 0.717) is 11.3 Å². The van der Waals surface area contributed by atoms with Gasteiger partial charge < -0.3 is 5.32 Å². The fraction of sp³-hybridized carbons (Fsp3) is 0.923. The van der Waals surface area contributed by atoms with Gasteiger partial charge in [-0.1, -0.05) is 20.8 Å². The average molecular weight is 263 g/mol. The third-order valence-electron chi connectivity index (χ3n) is 5.08. The molecule has 3 unspecified atom stereocenters. The van der Waals surface area contributed by atoms with Gasteiger partial charge >= 0.3 is 12.1 Å². The Labute approximate surface area is 105 Å². The van der Waals surface area contributed by atoms with Crippen LogP contribution in [-0.2, 0) is 4.79 Å². The first kappa shape index (κ1) is 13.7. The molecular formula is C13H20F3NO. The lowest BCUT2D eigenvalue weighted by Gasteiger charge is -2.69. The molecule has 2 nitrogen and oxygen atoms in total. The van der Waals surface area contributed by atoms with E-state index in [9.17, 15) is 18.0 Å². The number of carbonyl (C=O) groups excluding carboxylic acids is 1. The standard InChI is InChI=1S/C13H20F3NO/c1-11(2,3)12-5-4-9(12)8(6-12)7-17-10(18)13(14,15)16/h8-9H,4-7H2,1-3H3,(H,17,18). The Morgan fingerprint density at radius 2 is 1.94 bits per heavy atom. The first-order valence-electron chi connectivity index (χ1n) is 6.43. The number of carbonyl (C=O) groups is 1. The van der Waals surface area contributed by atoms with E-state index in [1.807, 2.05) is 5.32 Å². The normalized spacial score (nSPS) is 35.2. The Morgan fingerprint density at radius 3 is 2.28 bits per heavy atom. The van der Waals surface area contributed by atoms with Crippen LogP contribution in [-0.4, -0.2) is 18.6 Å². The molecule has 18 heavy (non-hydrogen) atoms. The quantitative estimate of drug-likeness (QED) is 0.814. The number of rotatable bonds is 2. The lowest BCUT2D eigenvalue weighted by molar-refractivity contribution is -0.202. The predicted molar refractivity (Wildman–Crippen MR) is 61.8 cm³/mol. The van der Waals surface area contributed by atoms with Crippen molar-refractivity contribution in [2.24, 2.45) is 22.7 Å². The van der Waals surface area contributed by atoms with Gasteiger partial charge in [0.05, 0.1) is 0 Å². The zero-order valence-corrected chi connectivity index (χ0v) is 11.0. The van der Waals surface area contributed by atoms with Crippen LogP contribution in [0.15, 0.2) is 0 Å². The molecule has 0 spiro atoms. The third kappa shape index (κ3) is 1.91. The van der Waals surface area contributed by atoms with Crippen LogP contribution in [0.3, 0.4) is 0 Å². The average Bonchev–Trinajstić information content (AvgIpc) is 2.15. The molecule has 5 heteroatoms. The molecule has 1 amide bonds. The minimum atomic E-state index is -4.76. The van der Waals surface area contributed by atoms with Gasteiger partial charge in [0.2, 0.25) is 0 Å². The maximum atomic E-state index is 12.1. The van der Waals surface area contributed by atoms with E-state index in [4.69, 9.17) is 0 Å². The molecule has 0 radical (unpaired) electrons. The highest BCUT2D eigenvalue weighted by molar-refractivity contribution is 5.81. The molecule has 2 saturated carbocycles. The zero-order chi connectivity index (χ0) is 13.8. The molecule has 2 aliphatic carbocycles. The minimum absolute atomic E-state index is 0.167. The Morgan fingerprint density at radius 1 is 1.33 bits per heavy atom. The summed E-state index contributed by atoms with van der Waals surface area (Å²) in [5.41, 5.74) is 0.515. The molecule has 1 N–H and O–H groups in total. The van der Waals surface area contributed by atoms with Crippen LogP contribution in [0.25, 0.3) is 0 Å². The van der Waals surface area contributed by atoms with E-state index < -0.39 is 12.1 Å². The number of hydrogen-bond acceptors (Lipinski definition) is 1. The van der Waals surface area contributed by atoms with Gasteiger partial charge in [0.25, 0.3) is 0 Å². The molecule has 0 heterocycles. The highest BCUT2D eigenvalue weighted by Gasteiger charge is 2.64. The van der Waals surface area contributed by atoms with Gasteiger partial charge in [-0.05, 0) is 41.9 Å². The molecular weight excluding hydrogens is 243 g/mol. The molecule has 0 aliphatic heterocycles. The van der Waals surface area contributed by atoms with Crippen LogP contribution in [0.5, 0.6) is 0 Å². The van der Waals surface area contributed by atoms with Crippen molar-refractivity contribution in [1.82, 2.24) is 5.32 Å². The first-order chi connectivity index (χ1) is 8.08. The van der Waals surface area contributed by atoms with Crippen LogP contribution >= 0.6 is 0 Å². The van der Waals surface area contributed by atoms with Crippen molar-refractivity contribution in [3.8, 4) is 0 Å². The van der Waals surface area contributed by atoms with Crippen LogP contribution in [0, 0.1) is 22.7 Å². The van der Waals surface area contributed by atoms with Gasteiger partial charge in [0, 0.05) is 6.54 Å². The summed E-state index contributed by atoms with van der Waals surface area (Å²) in [7, 11) is 0. The van der Waals surface area contributed by atoms with Gasteiger partial charge in [-0.15, -0.1) is 0 Å². The second-order valence-corrected chi connectivity index (χ2v) is 6.72. The van der Waals surface area contributed by atoms with Crippen molar-refractivity contribution >= 4 is 5.91 Å². The van der Waals surface area contributed by atoms with E-state index in [1.54, 1.807) is 0 Å². The molecule has 3 atom stereocenters. The molecule has 2 rings (SSSR count). The van der Waals surface area contributed by atoms with E-state index in [0.717, 1.165) is 12.8 Å². The zero-order valence-electron chi connectivity index (χ0n) is 11.0. The van der Waals surface area contributed by atoms with Crippen molar-refractivity contribution in [1.29, 1.82) is 0 Å². The molecule has 104 valence electrons. The molecule has 0 aromatic rings. The fourth-order valence-electron chi connectivity index (χ4n) is 3.83. The van der Waals surface area contributed by atoms with Gasteiger partial charge in [-0.2, -0.15) is 13.2 Å². The largest absolute Gasteiger partial charge is 0.471 e. The lowest BCUT2D eigenvalue weighted by Crippen LogP contribution is -2.64. The Kier molecular flexibility index (Phi) is 2.95. The SMILES string of the molecule is CC(C)(C)C12CCC1C(CNC(=O)C(F)(F)F)C2. The Hall–Kier alpha value is -0.740. The van der Waals surface area contributed by atoms with Crippen molar-refractivity contribution in [2.45, 2.75) is 46.2 Å². The lowest BCUT2D eigenvalue weighted by atomic mass is 9.36. The number of amides is 1. The van der Waals surface area contributed by atoms with Crippen molar-refractivity contribution < 1.29 is 18.0 Å². The Bertz CT molecular complexity index is 358. The summed E-state index contributed by atoms with van der Waals surface area (Å²) in [5.74, 6) is -1.09. The smallest absolute Gasteiger partial charge is 0.348 e. The van der Waals surface area contributed by atoms with E-state index in [1.165, 1.54) is 6.42 Å². The van der Waals surface area contributed by atoms with Crippen molar-refractivity contribution in [2.75, 3.05) is 6.54 Å². The molecule has 0 bridgehead atoms. The molecule has 2 fully saturated rings. The van der Waals surface area contributed by atoms with Crippen molar-refractivity contribution in [3.05, 3.63) is 0 Å². The summed E-state index contributed by atoms with van der Waals surface area (Å²) in [6.45, 7) is 6.76. The van der Waals surface area contributed by atoms with Gasteiger partial charge in [-0.3, -0.25) is 4.79 Å². The third-order valence-corrected chi connectivity index (χ3v) is 5.08. The summed E-state index contributed by atoms with van der Waals surface area (Å²) in [4.78, 5) is 10.8. The van der Waals surface area contributed by atoms with Crippen LogP contribution < -0.4 is 5.32 Å². The number of nitrogens with one attached hydrogen (secondary N) is 1. The monoisotopic (exact) mass is 263 g/mol. The highest BCUT2D eigenvalue weighted by atomic mass is 19.4. The summed E-state index contributed by atoms with van der Waals surface area (Å²) >= 11 is 0. The van der Waals surface area contributed by atoms with E-state index >= 15 is 0 Å². The van der Waals surface area contributed by atoms with E-state index in [-0.39, 0.29) is 17.9 Å². The summed E-state index contributed by atoms with van der Waals surface area (Å²) < 4.78 is 36.2. The maximum absolute atomic E-state index is 12.1. The summed E-state index contributed by atoms with van der Waals surface area (Å²) in [6.07, 6.45) is -1.56. The second-order valence-electron chi connectivity index (χ2n) is 6.72. The Balaban J connectivity index is 1.85. The molecule has 2 aliphatic rings. The first-order valence-corrected chi connectivity index (χ1v) is 6.43. The summed E-state index contributed by atoms with van der Waals surface area (Å²) in [6, 6.07) is 0. The highest BCUT2D eigenvalue weighted by Crippen LogP contribution is 2.71. The molecule has 0 aromatic carbocycles.